The molecule has 0 spiro atoms. The SMILES string of the molecule is COc1ccc2[nH]c(C(=O)c3ccc(S)cc3)cc2c1. The molecule has 100 valence electrons. The van der Waals surface area contributed by atoms with Gasteiger partial charge in [-0.3, -0.25) is 4.79 Å². The van der Waals surface area contributed by atoms with Gasteiger partial charge in [0.05, 0.1) is 12.8 Å². The van der Waals surface area contributed by atoms with E-state index in [2.05, 4.69) is 17.6 Å². The van der Waals surface area contributed by atoms with Gasteiger partial charge in [0.1, 0.15) is 5.75 Å². The zero-order valence-corrected chi connectivity index (χ0v) is 11.8. The van der Waals surface area contributed by atoms with Gasteiger partial charge in [0.2, 0.25) is 5.78 Å². The molecule has 2 aromatic carbocycles. The Hall–Kier alpha value is -2.20. The highest BCUT2D eigenvalue weighted by molar-refractivity contribution is 7.80. The summed E-state index contributed by atoms with van der Waals surface area (Å²) in [6, 6.07) is 14.7. The molecule has 0 aliphatic heterocycles. The molecule has 0 saturated carbocycles. The molecule has 1 aromatic heterocycles. The van der Waals surface area contributed by atoms with Gasteiger partial charge in [-0.2, -0.15) is 0 Å². The van der Waals surface area contributed by atoms with Crippen LogP contribution in [0, 0.1) is 0 Å². The Bertz CT molecular complexity index is 775. The van der Waals surface area contributed by atoms with E-state index in [1.54, 1.807) is 19.2 Å². The number of methoxy groups -OCH3 is 1. The van der Waals surface area contributed by atoms with Crippen LogP contribution in [0.15, 0.2) is 53.4 Å². The minimum Gasteiger partial charge on any atom is -0.497 e. The molecule has 3 nitrogen and oxygen atoms in total. The Labute approximate surface area is 122 Å². The highest BCUT2D eigenvalue weighted by Gasteiger charge is 2.12. The Morgan fingerprint density at radius 3 is 2.55 bits per heavy atom. The molecule has 0 aliphatic carbocycles. The van der Waals surface area contributed by atoms with Gasteiger partial charge >= 0.3 is 0 Å². The van der Waals surface area contributed by atoms with Crippen molar-refractivity contribution >= 4 is 29.3 Å². The standard InChI is InChI=1S/C16H13NO2S/c1-19-12-4-7-14-11(8-12)9-15(17-14)16(18)10-2-5-13(20)6-3-10/h2-9,17,20H,1H3. The lowest BCUT2D eigenvalue weighted by Crippen LogP contribution is -2.00. The minimum atomic E-state index is -0.0338. The second kappa shape index (κ2) is 5.06. The lowest BCUT2D eigenvalue weighted by Gasteiger charge is -1.98. The van der Waals surface area contributed by atoms with Gasteiger partial charge in [-0.05, 0) is 48.5 Å². The third-order valence-electron chi connectivity index (χ3n) is 3.20. The average Bonchev–Trinajstić information content (AvgIpc) is 2.90. The summed E-state index contributed by atoms with van der Waals surface area (Å²) in [4.78, 5) is 16.4. The van der Waals surface area contributed by atoms with Gasteiger partial charge in [-0.15, -0.1) is 12.6 Å². The molecule has 0 amide bonds. The normalized spacial score (nSPS) is 10.7. The molecule has 0 bridgehead atoms. The quantitative estimate of drug-likeness (QED) is 0.568. The number of carbonyl (C=O) groups excluding carboxylic acids is 1. The number of carbonyl (C=O) groups is 1. The first-order valence-electron chi connectivity index (χ1n) is 6.18. The van der Waals surface area contributed by atoms with E-state index in [4.69, 9.17) is 4.74 Å². The maximum atomic E-state index is 12.4. The van der Waals surface area contributed by atoms with Crippen molar-refractivity contribution in [2.75, 3.05) is 7.11 Å². The summed E-state index contributed by atoms with van der Waals surface area (Å²) in [5.74, 6) is 0.739. The monoisotopic (exact) mass is 283 g/mol. The van der Waals surface area contributed by atoms with Crippen LogP contribution >= 0.6 is 12.6 Å². The number of hydrogen-bond acceptors (Lipinski definition) is 3. The molecule has 20 heavy (non-hydrogen) atoms. The van der Waals surface area contributed by atoms with Crippen molar-refractivity contribution in [2.45, 2.75) is 4.90 Å². The topological polar surface area (TPSA) is 42.1 Å². The van der Waals surface area contributed by atoms with Crippen molar-refractivity contribution in [3.63, 3.8) is 0 Å². The van der Waals surface area contributed by atoms with Gasteiger partial charge in [-0.25, -0.2) is 0 Å². The fourth-order valence-corrected chi connectivity index (χ4v) is 2.28. The lowest BCUT2D eigenvalue weighted by atomic mass is 10.1. The first kappa shape index (κ1) is 12.8. The van der Waals surface area contributed by atoms with Crippen LogP contribution < -0.4 is 4.74 Å². The molecule has 0 atom stereocenters. The number of hydrogen-bond donors (Lipinski definition) is 2. The molecule has 3 rings (SSSR count). The number of nitrogens with one attached hydrogen (secondary N) is 1. The largest absolute Gasteiger partial charge is 0.497 e. The van der Waals surface area contributed by atoms with Crippen molar-refractivity contribution in [2.24, 2.45) is 0 Å². The van der Waals surface area contributed by atoms with Crippen LogP contribution in [-0.2, 0) is 0 Å². The van der Waals surface area contributed by atoms with Crippen molar-refractivity contribution in [1.82, 2.24) is 4.98 Å². The van der Waals surface area contributed by atoms with Gasteiger partial charge in [-0.1, -0.05) is 0 Å². The summed E-state index contributed by atoms with van der Waals surface area (Å²) < 4.78 is 5.18. The van der Waals surface area contributed by atoms with E-state index in [0.29, 0.717) is 11.3 Å². The number of H-pyrrole nitrogens is 1. The molecule has 0 saturated heterocycles. The maximum Gasteiger partial charge on any atom is 0.209 e. The van der Waals surface area contributed by atoms with Crippen molar-refractivity contribution < 1.29 is 9.53 Å². The van der Waals surface area contributed by atoms with Crippen LogP contribution in [-0.4, -0.2) is 17.9 Å². The van der Waals surface area contributed by atoms with Crippen LogP contribution in [0.2, 0.25) is 0 Å². The number of aromatic nitrogens is 1. The minimum absolute atomic E-state index is 0.0338. The van der Waals surface area contributed by atoms with Crippen LogP contribution in [0.3, 0.4) is 0 Å². The van der Waals surface area contributed by atoms with Crippen LogP contribution in [0.5, 0.6) is 5.75 Å². The highest BCUT2D eigenvalue weighted by atomic mass is 32.1. The number of ketones is 1. The van der Waals surface area contributed by atoms with Crippen molar-refractivity contribution in [1.29, 1.82) is 0 Å². The third kappa shape index (κ3) is 2.30. The summed E-state index contributed by atoms with van der Waals surface area (Å²) >= 11 is 4.22. The molecule has 1 N–H and O–H groups in total. The molecule has 1 heterocycles. The molecule has 0 fully saturated rings. The average molecular weight is 283 g/mol. The van der Waals surface area contributed by atoms with Gasteiger partial charge in [0, 0.05) is 21.4 Å². The zero-order chi connectivity index (χ0) is 14.1. The fourth-order valence-electron chi connectivity index (χ4n) is 2.13. The summed E-state index contributed by atoms with van der Waals surface area (Å²) in [5, 5.41) is 0.957. The van der Waals surface area contributed by atoms with Gasteiger partial charge < -0.3 is 9.72 Å². The molecule has 0 unspecified atom stereocenters. The molecule has 3 aromatic rings. The Morgan fingerprint density at radius 2 is 1.85 bits per heavy atom. The van der Waals surface area contributed by atoms with E-state index in [1.807, 2.05) is 36.4 Å². The Balaban J connectivity index is 2.01. The number of aromatic amines is 1. The summed E-state index contributed by atoms with van der Waals surface area (Å²) in [6.07, 6.45) is 0. The predicted octanol–water partition coefficient (Wildman–Crippen LogP) is 3.70. The first-order valence-corrected chi connectivity index (χ1v) is 6.62. The van der Waals surface area contributed by atoms with Crippen LogP contribution in [0.4, 0.5) is 0 Å². The van der Waals surface area contributed by atoms with Crippen LogP contribution in [0.1, 0.15) is 16.1 Å². The summed E-state index contributed by atoms with van der Waals surface area (Å²) in [6.45, 7) is 0. The maximum absolute atomic E-state index is 12.4. The molecule has 0 aliphatic rings. The van der Waals surface area contributed by atoms with E-state index in [1.165, 1.54) is 0 Å². The van der Waals surface area contributed by atoms with E-state index in [0.717, 1.165) is 21.5 Å². The van der Waals surface area contributed by atoms with Crippen molar-refractivity contribution in [3.05, 3.63) is 59.8 Å². The number of thiol groups is 1. The first-order chi connectivity index (χ1) is 9.67. The fraction of sp³-hybridized carbons (Fsp3) is 0.0625. The van der Waals surface area contributed by atoms with Gasteiger partial charge in [0.25, 0.3) is 0 Å². The summed E-state index contributed by atoms with van der Waals surface area (Å²) in [7, 11) is 1.62. The smallest absolute Gasteiger partial charge is 0.209 e. The van der Waals surface area contributed by atoms with Crippen molar-refractivity contribution in [3.8, 4) is 5.75 Å². The van der Waals surface area contributed by atoms with Gasteiger partial charge in [0.15, 0.2) is 0 Å². The summed E-state index contributed by atoms with van der Waals surface area (Å²) in [5.41, 5.74) is 2.13. The number of ether oxygens (including phenoxy) is 1. The lowest BCUT2D eigenvalue weighted by molar-refractivity contribution is 0.103. The van der Waals surface area contributed by atoms with E-state index in [9.17, 15) is 4.79 Å². The molecular formula is C16H13NO2S. The Kier molecular flexibility index (Phi) is 3.24. The number of fused-ring (bicyclic) bond motifs is 1. The predicted molar refractivity (Wildman–Crippen MR) is 82.0 cm³/mol. The molecule has 0 radical (unpaired) electrons. The van der Waals surface area contributed by atoms with E-state index in [-0.39, 0.29) is 5.78 Å². The Morgan fingerprint density at radius 1 is 1.10 bits per heavy atom. The molecular weight excluding hydrogens is 270 g/mol. The van der Waals surface area contributed by atoms with E-state index < -0.39 is 0 Å². The number of benzene rings is 2. The van der Waals surface area contributed by atoms with E-state index >= 15 is 0 Å². The zero-order valence-electron chi connectivity index (χ0n) is 10.9. The second-order valence-electron chi connectivity index (χ2n) is 4.51. The second-order valence-corrected chi connectivity index (χ2v) is 5.03. The third-order valence-corrected chi connectivity index (χ3v) is 3.50. The number of rotatable bonds is 3. The highest BCUT2D eigenvalue weighted by Crippen LogP contribution is 2.23. The molecule has 4 heteroatoms. The van der Waals surface area contributed by atoms with Crippen LogP contribution in [0.25, 0.3) is 10.9 Å².